The molecule has 0 fully saturated rings. The number of nitrogens with two attached hydrogens (primary N) is 1. The molecule has 1 aromatic carbocycles. The van der Waals surface area contributed by atoms with E-state index >= 15 is 0 Å². The Labute approximate surface area is 90.5 Å². The highest BCUT2D eigenvalue weighted by molar-refractivity contribution is 5.58. The molecule has 3 nitrogen and oxygen atoms in total. The molecule has 1 aliphatic rings. The number of fused-ring (bicyclic) bond motifs is 1. The molecule has 1 aliphatic heterocycles. The molecule has 0 saturated heterocycles. The molecule has 3 heteroatoms. The second-order valence-corrected chi connectivity index (χ2v) is 4.05. The monoisotopic (exact) mass is 206 g/mol. The maximum absolute atomic E-state index is 9.48. The van der Waals surface area contributed by atoms with E-state index in [1.807, 2.05) is 12.1 Å². The van der Waals surface area contributed by atoms with E-state index in [2.05, 4.69) is 4.90 Å². The van der Waals surface area contributed by atoms with Crippen molar-refractivity contribution < 1.29 is 5.11 Å². The van der Waals surface area contributed by atoms with Crippen LogP contribution in [0.2, 0.25) is 0 Å². The topological polar surface area (TPSA) is 49.5 Å². The average Bonchev–Trinajstić information content (AvgIpc) is 2.26. The van der Waals surface area contributed by atoms with Crippen LogP contribution in [0.25, 0.3) is 0 Å². The Morgan fingerprint density at radius 1 is 1.40 bits per heavy atom. The van der Waals surface area contributed by atoms with Gasteiger partial charge in [-0.25, -0.2) is 0 Å². The molecule has 0 atom stereocenters. The summed E-state index contributed by atoms with van der Waals surface area (Å²) in [6.45, 7) is 2.80. The number of benzene rings is 1. The molecule has 1 heterocycles. The SMILES string of the molecule is NCCCN1CCCc2ccc(O)cc21. The van der Waals surface area contributed by atoms with Crippen LogP contribution in [0.5, 0.6) is 5.75 Å². The van der Waals surface area contributed by atoms with E-state index in [1.165, 1.54) is 17.7 Å². The van der Waals surface area contributed by atoms with Gasteiger partial charge in [-0.15, -0.1) is 0 Å². The van der Waals surface area contributed by atoms with E-state index in [0.29, 0.717) is 5.75 Å². The molecular formula is C12H18N2O. The molecular weight excluding hydrogens is 188 g/mol. The lowest BCUT2D eigenvalue weighted by Crippen LogP contribution is -2.31. The van der Waals surface area contributed by atoms with Gasteiger partial charge in [0, 0.05) is 24.8 Å². The number of rotatable bonds is 3. The van der Waals surface area contributed by atoms with Crippen molar-refractivity contribution in [2.75, 3.05) is 24.5 Å². The molecule has 0 amide bonds. The molecule has 0 radical (unpaired) electrons. The maximum atomic E-state index is 9.48. The molecule has 0 aromatic heterocycles. The number of phenolic OH excluding ortho intramolecular Hbond substituents is 1. The second kappa shape index (κ2) is 4.53. The number of hydrogen-bond acceptors (Lipinski definition) is 3. The van der Waals surface area contributed by atoms with E-state index in [0.717, 1.165) is 32.5 Å². The van der Waals surface area contributed by atoms with Crippen molar-refractivity contribution in [1.29, 1.82) is 0 Å². The normalized spacial score (nSPS) is 15.1. The maximum Gasteiger partial charge on any atom is 0.117 e. The molecule has 1 aromatic rings. The van der Waals surface area contributed by atoms with Gasteiger partial charge in [0.05, 0.1) is 0 Å². The summed E-state index contributed by atoms with van der Waals surface area (Å²) in [5, 5.41) is 9.48. The smallest absolute Gasteiger partial charge is 0.117 e. The van der Waals surface area contributed by atoms with E-state index in [1.54, 1.807) is 6.07 Å². The van der Waals surface area contributed by atoms with Gasteiger partial charge in [-0.05, 0) is 37.4 Å². The van der Waals surface area contributed by atoms with Gasteiger partial charge in [0.15, 0.2) is 0 Å². The first-order chi connectivity index (χ1) is 7.31. The van der Waals surface area contributed by atoms with E-state index in [4.69, 9.17) is 5.73 Å². The first kappa shape index (κ1) is 10.3. The van der Waals surface area contributed by atoms with Crippen LogP contribution in [0.1, 0.15) is 18.4 Å². The minimum absolute atomic E-state index is 0.355. The van der Waals surface area contributed by atoms with Crippen molar-refractivity contribution >= 4 is 5.69 Å². The lowest BCUT2D eigenvalue weighted by atomic mass is 10.0. The van der Waals surface area contributed by atoms with Gasteiger partial charge in [-0.2, -0.15) is 0 Å². The Kier molecular flexibility index (Phi) is 3.11. The number of aryl methyl sites for hydroxylation is 1. The fourth-order valence-electron chi connectivity index (χ4n) is 2.15. The highest BCUT2D eigenvalue weighted by Crippen LogP contribution is 2.30. The Morgan fingerprint density at radius 3 is 3.07 bits per heavy atom. The molecule has 82 valence electrons. The molecule has 0 spiro atoms. The fourth-order valence-corrected chi connectivity index (χ4v) is 2.15. The van der Waals surface area contributed by atoms with Gasteiger partial charge in [0.25, 0.3) is 0 Å². The van der Waals surface area contributed by atoms with E-state index in [-0.39, 0.29) is 0 Å². The summed E-state index contributed by atoms with van der Waals surface area (Å²) in [5.41, 5.74) is 8.05. The quantitative estimate of drug-likeness (QED) is 0.788. The highest BCUT2D eigenvalue weighted by Gasteiger charge is 2.16. The third-order valence-electron chi connectivity index (χ3n) is 2.92. The molecule has 0 aliphatic carbocycles. The lowest BCUT2D eigenvalue weighted by Gasteiger charge is -2.31. The Morgan fingerprint density at radius 2 is 2.27 bits per heavy atom. The zero-order valence-electron chi connectivity index (χ0n) is 8.95. The van der Waals surface area contributed by atoms with Crippen LogP contribution in [0.4, 0.5) is 5.69 Å². The van der Waals surface area contributed by atoms with E-state index < -0.39 is 0 Å². The van der Waals surface area contributed by atoms with Crippen LogP contribution in [0, 0.1) is 0 Å². The standard InChI is InChI=1S/C12H18N2O/c13-6-2-8-14-7-1-3-10-4-5-11(15)9-12(10)14/h4-5,9,15H,1-3,6-8,13H2. The van der Waals surface area contributed by atoms with Crippen LogP contribution in [-0.2, 0) is 6.42 Å². The van der Waals surface area contributed by atoms with Crippen molar-refractivity contribution in [3.63, 3.8) is 0 Å². The van der Waals surface area contributed by atoms with Crippen molar-refractivity contribution in [2.24, 2.45) is 5.73 Å². The van der Waals surface area contributed by atoms with Gasteiger partial charge in [-0.3, -0.25) is 0 Å². The van der Waals surface area contributed by atoms with Crippen LogP contribution >= 0.6 is 0 Å². The molecule has 15 heavy (non-hydrogen) atoms. The predicted molar refractivity (Wildman–Crippen MR) is 62.3 cm³/mol. The third kappa shape index (κ3) is 2.23. The van der Waals surface area contributed by atoms with Crippen LogP contribution in [0.15, 0.2) is 18.2 Å². The second-order valence-electron chi connectivity index (χ2n) is 4.05. The van der Waals surface area contributed by atoms with Crippen molar-refractivity contribution in [3.05, 3.63) is 23.8 Å². The number of anilines is 1. The minimum atomic E-state index is 0.355. The van der Waals surface area contributed by atoms with Crippen molar-refractivity contribution in [1.82, 2.24) is 0 Å². The first-order valence-electron chi connectivity index (χ1n) is 5.58. The lowest BCUT2D eigenvalue weighted by molar-refractivity contribution is 0.474. The molecule has 3 N–H and O–H groups in total. The summed E-state index contributed by atoms with van der Waals surface area (Å²) in [6.07, 6.45) is 3.33. The summed E-state index contributed by atoms with van der Waals surface area (Å²) in [5.74, 6) is 0.355. The van der Waals surface area contributed by atoms with Gasteiger partial charge in [-0.1, -0.05) is 6.07 Å². The zero-order valence-corrected chi connectivity index (χ0v) is 8.95. The van der Waals surface area contributed by atoms with Gasteiger partial charge in [0.1, 0.15) is 5.75 Å². The van der Waals surface area contributed by atoms with Gasteiger partial charge < -0.3 is 15.7 Å². The average molecular weight is 206 g/mol. The Hall–Kier alpha value is -1.22. The highest BCUT2D eigenvalue weighted by atomic mass is 16.3. The number of hydrogen-bond donors (Lipinski definition) is 2. The summed E-state index contributed by atoms with van der Waals surface area (Å²) in [7, 11) is 0. The number of nitrogens with zero attached hydrogens (tertiary/aromatic N) is 1. The van der Waals surface area contributed by atoms with Crippen LogP contribution in [0.3, 0.4) is 0 Å². The predicted octanol–water partition coefficient (Wildman–Crippen LogP) is 1.49. The summed E-state index contributed by atoms with van der Waals surface area (Å²) < 4.78 is 0. The Balaban J connectivity index is 2.20. The van der Waals surface area contributed by atoms with Crippen molar-refractivity contribution in [2.45, 2.75) is 19.3 Å². The van der Waals surface area contributed by atoms with Crippen LogP contribution < -0.4 is 10.6 Å². The van der Waals surface area contributed by atoms with Crippen LogP contribution in [-0.4, -0.2) is 24.7 Å². The van der Waals surface area contributed by atoms with Gasteiger partial charge >= 0.3 is 0 Å². The minimum Gasteiger partial charge on any atom is -0.508 e. The third-order valence-corrected chi connectivity index (χ3v) is 2.92. The first-order valence-corrected chi connectivity index (χ1v) is 5.58. The molecule has 2 rings (SSSR count). The molecule has 0 saturated carbocycles. The van der Waals surface area contributed by atoms with Gasteiger partial charge in [0.2, 0.25) is 0 Å². The van der Waals surface area contributed by atoms with E-state index in [9.17, 15) is 5.11 Å². The molecule has 0 bridgehead atoms. The summed E-state index contributed by atoms with van der Waals surface area (Å²) >= 11 is 0. The zero-order chi connectivity index (χ0) is 10.7. The largest absolute Gasteiger partial charge is 0.508 e. The van der Waals surface area contributed by atoms with Crippen molar-refractivity contribution in [3.8, 4) is 5.75 Å². The Bertz CT molecular complexity index is 338. The summed E-state index contributed by atoms with van der Waals surface area (Å²) in [4.78, 5) is 2.32. The molecule has 0 unspecified atom stereocenters. The number of aromatic hydroxyl groups is 1. The summed E-state index contributed by atoms with van der Waals surface area (Å²) in [6, 6.07) is 5.66. The fraction of sp³-hybridized carbons (Fsp3) is 0.500. The number of phenols is 1.